The van der Waals surface area contributed by atoms with Gasteiger partial charge >= 0.3 is 0 Å². The molecular weight excluding hydrogens is 558 g/mol. The molecule has 218 valence electrons. The Morgan fingerprint density at radius 2 is 1.11 bits per heavy atom. The number of para-hydroxylation sites is 2. The minimum atomic E-state index is 0.925. The van der Waals surface area contributed by atoms with E-state index in [0.717, 1.165) is 46.5 Å². The topological polar surface area (TPSA) is 16.4 Å². The van der Waals surface area contributed by atoms with E-state index in [1.54, 1.807) is 0 Å². The molecule has 1 aliphatic rings. The molecule has 8 aromatic rings. The number of allylic oxidation sites excluding steroid dienone is 1. The van der Waals surface area contributed by atoms with E-state index in [4.69, 9.17) is 4.42 Å². The summed E-state index contributed by atoms with van der Waals surface area (Å²) in [7, 11) is 0. The van der Waals surface area contributed by atoms with E-state index in [0.29, 0.717) is 0 Å². The van der Waals surface area contributed by atoms with Crippen LogP contribution in [0.15, 0.2) is 162 Å². The molecule has 2 nitrogen and oxygen atoms in total. The highest BCUT2D eigenvalue weighted by molar-refractivity contribution is 6.19. The normalized spacial score (nSPS) is 12.5. The highest BCUT2D eigenvalue weighted by Crippen LogP contribution is 2.39. The predicted octanol–water partition coefficient (Wildman–Crippen LogP) is 12.5. The number of rotatable bonds is 5. The first-order valence-corrected chi connectivity index (χ1v) is 16.0. The van der Waals surface area contributed by atoms with E-state index < -0.39 is 0 Å². The lowest BCUT2D eigenvalue weighted by molar-refractivity contribution is 0.669. The highest BCUT2D eigenvalue weighted by atomic mass is 16.3. The first-order valence-electron chi connectivity index (χ1n) is 16.0. The lowest BCUT2D eigenvalue weighted by atomic mass is 9.93. The Balaban J connectivity index is 1.08. The monoisotopic (exact) mass is 589 g/mol. The fourth-order valence-electron chi connectivity index (χ4n) is 6.96. The molecule has 1 aliphatic carbocycles. The van der Waals surface area contributed by atoms with Crippen molar-refractivity contribution in [3.05, 3.63) is 169 Å². The summed E-state index contributed by atoms with van der Waals surface area (Å²) in [6, 6.07) is 54.6. The number of nitrogens with zero attached hydrogens (tertiary/aromatic N) is 1. The molecule has 0 radical (unpaired) electrons. The zero-order valence-electron chi connectivity index (χ0n) is 25.4. The maximum absolute atomic E-state index is 6.18. The molecule has 0 aliphatic heterocycles. The quantitative estimate of drug-likeness (QED) is 0.199. The van der Waals surface area contributed by atoms with Crippen LogP contribution in [0, 0.1) is 0 Å². The number of fused-ring (bicyclic) bond motifs is 6. The van der Waals surface area contributed by atoms with Gasteiger partial charge in [-0.1, -0.05) is 103 Å². The molecule has 2 heteroatoms. The van der Waals surface area contributed by atoms with Gasteiger partial charge in [0.15, 0.2) is 0 Å². The standard InChI is InChI=1S/C44H31NO/c1-2-10-37(11-3-1)45(38-23-18-31(19-24-38)35-16-14-30-8-4-5-9-34(30)28-35)39-25-20-32(21-26-39)36-17-15-33-22-27-43-44(41(33)29-36)40-12-6-7-13-42(40)46-43/h1-3,5-7,9-29H,4,8H2. The van der Waals surface area contributed by atoms with Gasteiger partial charge in [-0.05, 0) is 118 Å². The van der Waals surface area contributed by atoms with Crippen LogP contribution >= 0.6 is 0 Å². The van der Waals surface area contributed by atoms with Crippen LogP contribution in [0.2, 0.25) is 0 Å². The van der Waals surface area contributed by atoms with Crippen molar-refractivity contribution in [1.29, 1.82) is 0 Å². The Bertz CT molecular complexity index is 2400. The summed E-state index contributed by atoms with van der Waals surface area (Å²) >= 11 is 0. The molecule has 7 aromatic carbocycles. The molecule has 0 fully saturated rings. The van der Waals surface area contributed by atoms with Crippen LogP contribution in [0.3, 0.4) is 0 Å². The van der Waals surface area contributed by atoms with Crippen molar-refractivity contribution in [2.75, 3.05) is 4.90 Å². The van der Waals surface area contributed by atoms with Crippen molar-refractivity contribution in [3.63, 3.8) is 0 Å². The van der Waals surface area contributed by atoms with Crippen molar-refractivity contribution in [1.82, 2.24) is 0 Å². The van der Waals surface area contributed by atoms with Crippen LogP contribution in [0.25, 0.3) is 61.0 Å². The van der Waals surface area contributed by atoms with Crippen molar-refractivity contribution < 1.29 is 4.42 Å². The maximum Gasteiger partial charge on any atom is 0.136 e. The summed E-state index contributed by atoms with van der Waals surface area (Å²) in [6.45, 7) is 0. The molecule has 0 spiro atoms. The van der Waals surface area contributed by atoms with Crippen molar-refractivity contribution in [3.8, 4) is 22.3 Å². The zero-order valence-corrected chi connectivity index (χ0v) is 25.4. The van der Waals surface area contributed by atoms with Gasteiger partial charge in [0.1, 0.15) is 11.2 Å². The largest absolute Gasteiger partial charge is 0.456 e. The fraction of sp³-hybridized carbons (Fsp3) is 0.0455. The minimum Gasteiger partial charge on any atom is -0.456 e. The molecule has 0 saturated carbocycles. The Morgan fingerprint density at radius 1 is 0.478 bits per heavy atom. The lowest BCUT2D eigenvalue weighted by Gasteiger charge is -2.26. The molecule has 0 saturated heterocycles. The number of anilines is 3. The minimum absolute atomic E-state index is 0.925. The van der Waals surface area contributed by atoms with Gasteiger partial charge in [-0.3, -0.25) is 0 Å². The number of hydrogen-bond donors (Lipinski definition) is 0. The number of benzene rings is 7. The van der Waals surface area contributed by atoms with Crippen LogP contribution in [0.4, 0.5) is 17.1 Å². The summed E-state index contributed by atoms with van der Waals surface area (Å²) in [6.07, 6.45) is 6.79. The Hall–Kier alpha value is -5.86. The molecule has 1 aromatic heterocycles. The maximum atomic E-state index is 6.18. The number of aryl methyl sites for hydroxylation is 1. The third kappa shape index (κ3) is 4.58. The van der Waals surface area contributed by atoms with E-state index in [9.17, 15) is 0 Å². The van der Waals surface area contributed by atoms with Gasteiger partial charge in [0.2, 0.25) is 0 Å². The molecule has 0 atom stereocenters. The van der Waals surface area contributed by atoms with E-state index in [2.05, 4.69) is 157 Å². The zero-order chi connectivity index (χ0) is 30.5. The first-order chi connectivity index (χ1) is 22.8. The molecular formula is C44H31NO. The number of hydrogen-bond acceptors (Lipinski definition) is 2. The van der Waals surface area contributed by atoms with Crippen molar-refractivity contribution in [2.24, 2.45) is 0 Å². The molecule has 9 rings (SSSR count). The van der Waals surface area contributed by atoms with E-state index in [1.165, 1.54) is 49.5 Å². The Kier molecular flexibility index (Phi) is 6.31. The summed E-state index contributed by atoms with van der Waals surface area (Å²) < 4.78 is 6.18. The van der Waals surface area contributed by atoms with Crippen LogP contribution in [0.5, 0.6) is 0 Å². The third-order valence-corrected chi connectivity index (χ3v) is 9.32. The van der Waals surface area contributed by atoms with Gasteiger partial charge in [-0.2, -0.15) is 0 Å². The second-order valence-electron chi connectivity index (χ2n) is 12.1. The highest BCUT2D eigenvalue weighted by Gasteiger charge is 2.15. The molecule has 0 N–H and O–H groups in total. The van der Waals surface area contributed by atoms with Crippen LogP contribution in [-0.2, 0) is 6.42 Å². The molecule has 0 amide bonds. The average Bonchev–Trinajstić information content (AvgIpc) is 3.52. The van der Waals surface area contributed by atoms with Gasteiger partial charge in [-0.25, -0.2) is 0 Å². The van der Waals surface area contributed by atoms with E-state index in [1.807, 2.05) is 12.1 Å². The first kappa shape index (κ1) is 26.5. The molecule has 0 bridgehead atoms. The summed E-state index contributed by atoms with van der Waals surface area (Å²) in [4.78, 5) is 2.32. The Morgan fingerprint density at radius 3 is 1.89 bits per heavy atom. The fourth-order valence-corrected chi connectivity index (χ4v) is 6.96. The molecule has 0 unspecified atom stereocenters. The third-order valence-electron chi connectivity index (χ3n) is 9.32. The van der Waals surface area contributed by atoms with Gasteiger partial charge < -0.3 is 9.32 Å². The SMILES string of the molecule is C1=Cc2cc(-c3ccc(N(c4ccccc4)c4ccc(-c5ccc6ccc7oc8ccccc8c7c6c5)cc4)cc3)ccc2CC1. The van der Waals surface area contributed by atoms with E-state index >= 15 is 0 Å². The van der Waals surface area contributed by atoms with Crippen LogP contribution in [-0.4, -0.2) is 0 Å². The summed E-state index contributed by atoms with van der Waals surface area (Å²) in [5, 5.41) is 4.76. The van der Waals surface area contributed by atoms with Crippen LogP contribution in [0.1, 0.15) is 17.5 Å². The summed E-state index contributed by atoms with van der Waals surface area (Å²) in [5.41, 5.74) is 12.8. The number of furan rings is 1. The molecule has 46 heavy (non-hydrogen) atoms. The van der Waals surface area contributed by atoms with Gasteiger partial charge in [0.05, 0.1) is 0 Å². The van der Waals surface area contributed by atoms with Gasteiger partial charge in [0, 0.05) is 27.8 Å². The van der Waals surface area contributed by atoms with Crippen molar-refractivity contribution >= 4 is 55.8 Å². The average molecular weight is 590 g/mol. The Labute approximate surface area is 268 Å². The smallest absolute Gasteiger partial charge is 0.136 e. The lowest BCUT2D eigenvalue weighted by Crippen LogP contribution is -2.09. The molecule has 1 heterocycles. The van der Waals surface area contributed by atoms with Gasteiger partial charge in [-0.15, -0.1) is 0 Å². The predicted molar refractivity (Wildman–Crippen MR) is 194 cm³/mol. The second-order valence-corrected chi connectivity index (χ2v) is 12.1. The van der Waals surface area contributed by atoms with Gasteiger partial charge in [0.25, 0.3) is 0 Å². The summed E-state index contributed by atoms with van der Waals surface area (Å²) in [5.74, 6) is 0. The van der Waals surface area contributed by atoms with Crippen molar-refractivity contribution in [2.45, 2.75) is 12.8 Å². The van der Waals surface area contributed by atoms with Crippen LogP contribution < -0.4 is 4.90 Å². The van der Waals surface area contributed by atoms with E-state index in [-0.39, 0.29) is 0 Å². The second kappa shape index (κ2) is 10.9.